The Labute approximate surface area is 136 Å². The lowest BCUT2D eigenvalue weighted by molar-refractivity contribution is -0.130. The fourth-order valence-electron chi connectivity index (χ4n) is 3.27. The number of hydrogen-bond donors (Lipinski definition) is 1. The maximum Gasteiger partial charge on any atom is 0.231 e. The number of fused-ring (bicyclic) bond motifs is 1. The van der Waals surface area contributed by atoms with Crippen molar-refractivity contribution >= 4 is 5.91 Å². The summed E-state index contributed by atoms with van der Waals surface area (Å²) in [5.41, 5.74) is 1.10. The third kappa shape index (κ3) is 3.37. The maximum absolute atomic E-state index is 11.5. The summed E-state index contributed by atoms with van der Waals surface area (Å²) in [5.74, 6) is 2.72. The van der Waals surface area contributed by atoms with E-state index in [2.05, 4.69) is 12.2 Å². The SMILES string of the molecule is COc1cc(CN[C@H]2CCN(C(C)=O)C[C@@H]2C)cc2c1OCO2. The van der Waals surface area contributed by atoms with Gasteiger partial charge in [0.25, 0.3) is 0 Å². The van der Waals surface area contributed by atoms with Gasteiger partial charge in [-0.2, -0.15) is 0 Å². The Morgan fingerprint density at radius 2 is 2.26 bits per heavy atom. The highest BCUT2D eigenvalue weighted by molar-refractivity contribution is 5.73. The Hall–Kier alpha value is -1.95. The van der Waals surface area contributed by atoms with Crippen molar-refractivity contribution in [1.82, 2.24) is 10.2 Å². The standard InChI is InChI=1S/C17H24N2O4/c1-11-9-19(12(2)20)5-4-14(11)18-8-13-6-15(21-3)17-16(7-13)22-10-23-17/h6-7,11,14,18H,4-5,8-10H2,1-3H3/t11-,14-/m0/s1. The van der Waals surface area contributed by atoms with E-state index in [1.165, 1.54) is 0 Å². The molecule has 2 aliphatic rings. The molecule has 6 nitrogen and oxygen atoms in total. The van der Waals surface area contributed by atoms with Gasteiger partial charge in [0.2, 0.25) is 18.4 Å². The van der Waals surface area contributed by atoms with Crippen molar-refractivity contribution in [1.29, 1.82) is 0 Å². The lowest BCUT2D eigenvalue weighted by Crippen LogP contribution is -2.49. The van der Waals surface area contributed by atoms with Crippen LogP contribution in [0.4, 0.5) is 0 Å². The summed E-state index contributed by atoms with van der Waals surface area (Å²) in [6, 6.07) is 4.38. The van der Waals surface area contributed by atoms with Crippen molar-refractivity contribution in [2.24, 2.45) is 5.92 Å². The summed E-state index contributed by atoms with van der Waals surface area (Å²) in [7, 11) is 1.63. The minimum Gasteiger partial charge on any atom is -0.493 e. The van der Waals surface area contributed by atoms with E-state index in [0.29, 0.717) is 23.5 Å². The molecule has 0 spiro atoms. The minimum absolute atomic E-state index is 0.163. The van der Waals surface area contributed by atoms with Gasteiger partial charge in [-0.15, -0.1) is 0 Å². The zero-order valence-electron chi connectivity index (χ0n) is 13.9. The zero-order chi connectivity index (χ0) is 16.4. The number of likely N-dealkylation sites (tertiary alicyclic amines) is 1. The summed E-state index contributed by atoms with van der Waals surface area (Å²) in [5, 5.41) is 3.60. The molecule has 2 aliphatic heterocycles. The van der Waals surface area contributed by atoms with Gasteiger partial charge in [0.05, 0.1) is 7.11 Å². The largest absolute Gasteiger partial charge is 0.493 e. The van der Waals surface area contributed by atoms with Crippen LogP contribution in [0, 0.1) is 5.92 Å². The Kier molecular flexibility index (Phi) is 4.61. The first-order valence-corrected chi connectivity index (χ1v) is 8.04. The normalized spacial score (nSPS) is 23.0. The van der Waals surface area contributed by atoms with E-state index in [4.69, 9.17) is 14.2 Å². The highest BCUT2D eigenvalue weighted by Gasteiger charge is 2.27. The first kappa shape index (κ1) is 15.9. The second-order valence-electron chi connectivity index (χ2n) is 6.25. The topological polar surface area (TPSA) is 60.0 Å². The summed E-state index contributed by atoms with van der Waals surface area (Å²) >= 11 is 0. The van der Waals surface area contributed by atoms with Crippen molar-refractivity contribution in [3.63, 3.8) is 0 Å². The monoisotopic (exact) mass is 320 g/mol. The number of rotatable bonds is 4. The Bertz CT molecular complexity index is 590. The van der Waals surface area contributed by atoms with Crippen LogP contribution >= 0.6 is 0 Å². The van der Waals surface area contributed by atoms with Gasteiger partial charge in [-0.3, -0.25) is 4.79 Å². The number of piperidine rings is 1. The number of benzene rings is 1. The second-order valence-corrected chi connectivity index (χ2v) is 6.25. The quantitative estimate of drug-likeness (QED) is 0.916. The Morgan fingerprint density at radius 3 is 2.96 bits per heavy atom. The van der Waals surface area contributed by atoms with E-state index in [-0.39, 0.29) is 12.7 Å². The Morgan fingerprint density at radius 1 is 1.43 bits per heavy atom. The van der Waals surface area contributed by atoms with E-state index in [9.17, 15) is 4.79 Å². The van der Waals surface area contributed by atoms with Crippen LogP contribution in [0.1, 0.15) is 25.8 Å². The first-order chi connectivity index (χ1) is 11.1. The van der Waals surface area contributed by atoms with Gasteiger partial charge in [0.1, 0.15) is 0 Å². The smallest absolute Gasteiger partial charge is 0.231 e. The van der Waals surface area contributed by atoms with Crippen molar-refractivity contribution < 1.29 is 19.0 Å². The van der Waals surface area contributed by atoms with Crippen LogP contribution in [0.5, 0.6) is 17.2 Å². The van der Waals surface area contributed by atoms with Gasteiger partial charge >= 0.3 is 0 Å². The van der Waals surface area contributed by atoms with Crippen LogP contribution in [-0.4, -0.2) is 43.8 Å². The molecule has 0 aliphatic carbocycles. The molecule has 0 saturated carbocycles. The lowest BCUT2D eigenvalue weighted by Gasteiger charge is -2.37. The molecule has 1 N–H and O–H groups in total. The maximum atomic E-state index is 11.5. The second kappa shape index (κ2) is 6.66. The molecule has 1 amide bonds. The van der Waals surface area contributed by atoms with Crippen LogP contribution in [-0.2, 0) is 11.3 Å². The van der Waals surface area contributed by atoms with E-state index in [0.717, 1.165) is 37.4 Å². The number of methoxy groups -OCH3 is 1. The lowest BCUT2D eigenvalue weighted by atomic mass is 9.93. The van der Waals surface area contributed by atoms with E-state index in [1.54, 1.807) is 14.0 Å². The molecule has 2 atom stereocenters. The van der Waals surface area contributed by atoms with E-state index >= 15 is 0 Å². The number of nitrogens with zero attached hydrogens (tertiary/aromatic N) is 1. The molecule has 1 fully saturated rings. The molecule has 0 aromatic heterocycles. The number of amides is 1. The molecular weight excluding hydrogens is 296 g/mol. The highest BCUT2D eigenvalue weighted by Crippen LogP contribution is 2.41. The molecule has 126 valence electrons. The third-order valence-electron chi connectivity index (χ3n) is 4.64. The van der Waals surface area contributed by atoms with Gasteiger partial charge in [0, 0.05) is 32.6 Å². The molecule has 2 heterocycles. The van der Waals surface area contributed by atoms with Crippen LogP contribution in [0.2, 0.25) is 0 Å². The molecule has 0 radical (unpaired) electrons. The molecule has 3 rings (SSSR count). The fraction of sp³-hybridized carbons (Fsp3) is 0.588. The Balaban J connectivity index is 1.62. The number of carbonyl (C=O) groups is 1. The van der Waals surface area contributed by atoms with Crippen molar-refractivity contribution in [3.8, 4) is 17.2 Å². The van der Waals surface area contributed by atoms with Crippen LogP contribution in [0.25, 0.3) is 0 Å². The zero-order valence-corrected chi connectivity index (χ0v) is 13.9. The highest BCUT2D eigenvalue weighted by atomic mass is 16.7. The van der Waals surface area contributed by atoms with Gasteiger partial charge in [-0.25, -0.2) is 0 Å². The predicted molar refractivity (Wildman–Crippen MR) is 85.8 cm³/mol. The van der Waals surface area contributed by atoms with Gasteiger partial charge in [-0.1, -0.05) is 6.92 Å². The number of ether oxygens (including phenoxy) is 3. The number of nitrogens with one attached hydrogen (secondary N) is 1. The average Bonchev–Trinajstić information content (AvgIpc) is 3.01. The van der Waals surface area contributed by atoms with Gasteiger partial charge in [0.15, 0.2) is 11.5 Å². The first-order valence-electron chi connectivity index (χ1n) is 8.04. The number of carbonyl (C=O) groups excluding carboxylic acids is 1. The average molecular weight is 320 g/mol. The molecule has 1 saturated heterocycles. The molecule has 0 unspecified atom stereocenters. The van der Waals surface area contributed by atoms with Gasteiger partial charge < -0.3 is 24.4 Å². The molecule has 1 aromatic rings. The molecule has 23 heavy (non-hydrogen) atoms. The van der Waals surface area contributed by atoms with Crippen molar-refractivity contribution in [2.75, 3.05) is 27.0 Å². The van der Waals surface area contributed by atoms with Gasteiger partial charge in [-0.05, 0) is 30.0 Å². The fourth-order valence-corrected chi connectivity index (χ4v) is 3.27. The third-order valence-corrected chi connectivity index (χ3v) is 4.64. The van der Waals surface area contributed by atoms with Crippen molar-refractivity contribution in [2.45, 2.75) is 32.9 Å². The summed E-state index contributed by atoms with van der Waals surface area (Å²) in [6.45, 7) is 6.44. The van der Waals surface area contributed by atoms with E-state index in [1.807, 2.05) is 17.0 Å². The minimum atomic E-state index is 0.163. The van der Waals surface area contributed by atoms with Crippen LogP contribution in [0.3, 0.4) is 0 Å². The molecule has 6 heteroatoms. The van der Waals surface area contributed by atoms with Crippen LogP contribution in [0.15, 0.2) is 12.1 Å². The number of hydrogen-bond acceptors (Lipinski definition) is 5. The summed E-state index contributed by atoms with van der Waals surface area (Å²) < 4.78 is 16.3. The predicted octanol–water partition coefficient (Wildman–Crippen LogP) is 1.77. The van der Waals surface area contributed by atoms with Crippen molar-refractivity contribution in [3.05, 3.63) is 17.7 Å². The summed E-state index contributed by atoms with van der Waals surface area (Å²) in [4.78, 5) is 13.4. The molecule has 0 bridgehead atoms. The summed E-state index contributed by atoms with van der Waals surface area (Å²) in [6.07, 6.45) is 0.975. The van der Waals surface area contributed by atoms with E-state index < -0.39 is 0 Å². The van der Waals surface area contributed by atoms with Crippen LogP contribution < -0.4 is 19.5 Å². The molecule has 1 aromatic carbocycles. The molecular formula is C17H24N2O4.